The summed E-state index contributed by atoms with van der Waals surface area (Å²) in [5.41, 5.74) is 1.63. The molecule has 3 rings (SSSR count). The summed E-state index contributed by atoms with van der Waals surface area (Å²) in [4.78, 5) is 16.1. The highest BCUT2D eigenvalue weighted by Crippen LogP contribution is 2.18. The van der Waals surface area contributed by atoms with Gasteiger partial charge in [-0.3, -0.25) is 0 Å². The van der Waals surface area contributed by atoms with Crippen LogP contribution in [0.15, 0.2) is 24.5 Å². The van der Waals surface area contributed by atoms with Crippen LogP contribution in [0.2, 0.25) is 0 Å². The zero-order valence-electron chi connectivity index (χ0n) is 11.7. The van der Waals surface area contributed by atoms with Crippen molar-refractivity contribution < 1.29 is 9.90 Å². The van der Waals surface area contributed by atoms with E-state index in [1.54, 1.807) is 16.9 Å². The molecule has 2 aromatic rings. The highest BCUT2D eigenvalue weighted by Gasteiger charge is 2.20. The lowest BCUT2D eigenvalue weighted by atomic mass is 9.93. The number of rotatable bonds is 3. The number of aromatic nitrogens is 3. The van der Waals surface area contributed by atoms with Crippen molar-refractivity contribution in [2.45, 2.75) is 44.4 Å². The number of hydrogen-bond acceptors (Lipinski definition) is 4. The molecule has 0 unspecified atom stereocenters. The molecule has 0 aromatic carbocycles. The molecule has 3 N–H and O–H groups in total. The first-order chi connectivity index (χ1) is 10.2. The van der Waals surface area contributed by atoms with Gasteiger partial charge in [0.1, 0.15) is 0 Å². The predicted octanol–water partition coefficient (Wildman–Crippen LogP) is 0.832. The summed E-state index contributed by atoms with van der Waals surface area (Å²) in [6.07, 6.45) is 6.33. The molecular formula is C14H19N5O2. The van der Waals surface area contributed by atoms with Gasteiger partial charge < -0.3 is 15.7 Å². The number of aliphatic hydroxyl groups is 1. The Labute approximate surface area is 122 Å². The number of nitrogens with zero attached hydrogens (tertiary/aromatic N) is 3. The summed E-state index contributed by atoms with van der Waals surface area (Å²) in [6, 6.07) is 3.61. The van der Waals surface area contributed by atoms with Crippen molar-refractivity contribution in [3.05, 3.63) is 30.2 Å². The lowest BCUT2D eigenvalue weighted by molar-refractivity contribution is 0.117. The lowest BCUT2D eigenvalue weighted by Crippen LogP contribution is -2.44. The standard InChI is InChI=1S/C14H19N5O2/c20-12-3-1-10(2-4-12)18-14(21)16-9-11-5-7-15-13-6-8-17-19(11)13/h5-8,10,12,20H,1-4,9H2,(H2,16,18,21). The summed E-state index contributed by atoms with van der Waals surface area (Å²) in [7, 11) is 0. The van der Waals surface area contributed by atoms with E-state index >= 15 is 0 Å². The normalized spacial score (nSPS) is 22.1. The summed E-state index contributed by atoms with van der Waals surface area (Å²) >= 11 is 0. The summed E-state index contributed by atoms with van der Waals surface area (Å²) in [5, 5.41) is 19.4. The number of aliphatic hydroxyl groups excluding tert-OH is 1. The van der Waals surface area contributed by atoms with E-state index in [0.717, 1.165) is 37.0 Å². The maximum atomic E-state index is 11.9. The second-order valence-corrected chi connectivity index (χ2v) is 5.37. The number of nitrogens with one attached hydrogen (secondary N) is 2. The van der Waals surface area contributed by atoms with Gasteiger partial charge in [0.05, 0.1) is 24.5 Å². The fraction of sp³-hybridized carbons (Fsp3) is 0.500. The average Bonchev–Trinajstić information content (AvgIpc) is 2.96. The Bertz CT molecular complexity index is 619. The molecule has 1 saturated carbocycles. The maximum Gasteiger partial charge on any atom is 0.315 e. The number of hydrogen-bond donors (Lipinski definition) is 3. The average molecular weight is 289 g/mol. The monoisotopic (exact) mass is 289 g/mol. The third-order valence-electron chi connectivity index (χ3n) is 3.83. The summed E-state index contributed by atoms with van der Waals surface area (Å²) in [6.45, 7) is 0.391. The number of carbonyl (C=O) groups excluding carboxylic acids is 1. The van der Waals surface area contributed by atoms with E-state index in [2.05, 4.69) is 20.7 Å². The lowest BCUT2D eigenvalue weighted by Gasteiger charge is -2.26. The Morgan fingerprint density at radius 1 is 1.29 bits per heavy atom. The highest BCUT2D eigenvalue weighted by molar-refractivity contribution is 5.74. The fourth-order valence-corrected chi connectivity index (χ4v) is 2.65. The Morgan fingerprint density at radius 2 is 2.10 bits per heavy atom. The van der Waals surface area contributed by atoms with Gasteiger partial charge in [-0.1, -0.05) is 0 Å². The van der Waals surface area contributed by atoms with Crippen LogP contribution in [-0.2, 0) is 6.54 Å². The number of carbonyl (C=O) groups is 1. The summed E-state index contributed by atoms with van der Waals surface area (Å²) < 4.78 is 1.71. The van der Waals surface area contributed by atoms with Gasteiger partial charge in [-0.25, -0.2) is 14.3 Å². The quantitative estimate of drug-likeness (QED) is 0.780. The van der Waals surface area contributed by atoms with Crippen molar-refractivity contribution in [3.63, 3.8) is 0 Å². The molecule has 7 nitrogen and oxygen atoms in total. The Balaban J connectivity index is 1.53. The van der Waals surface area contributed by atoms with E-state index < -0.39 is 0 Å². The molecule has 7 heteroatoms. The minimum absolute atomic E-state index is 0.149. The van der Waals surface area contributed by atoms with Crippen molar-refractivity contribution in [3.8, 4) is 0 Å². The molecule has 1 aliphatic carbocycles. The van der Waals surface area contributed by atoms with Crippen molar-refractivity contribution in [2.75, 3.05) is 0 Å². The fourth-order valence-electron chi connectivity index (χ4n) is 2.65. The van der Waals surface area contributed by atoms with E-state index in [-0.39, 0.29) is 18.2 Å². The SMILES string of the molecule is O=C(NCc1ccnc2ccnn12)NC1CCC(O)CC1. The van der Waals surface area contributed by atoms with Crippen molar-refractivity contribution >= 4 is 11.7 Å². The van der Waals surface area contributed by atoms with E-state index in [0.29, 0.717) is 6.54 Å². The molecule has 2 amide bonds. The highest BCUT2D eigenvalue weighted by atomic mass is 16.3. The Morgan fingerprint density at radius 3 is 2.90 bits per heavy atom. The molecule has 0 bridgehead atoms. The molecule has 21 heavy (non-hydrogen) atoms. The van der Waals surface area contributed by atoms with Crippen LogP contribution in [0.3, 0.4) is 0 Å². The Hall–Kier alpha value is -2.15. The molecule has 0 spiro atoms. The molecule has 0 radical (unpaired) electrons. The molecular weight excluding hydrogens is 270 g/mol. The summed E-state index contributed by atoms with van der Waals surface area (Å²) in [5.74, 6) is 0. The topological polar surface area (TPSA) is 91.6 Å². The van der Waals surface area contributed by atoms with Crippen LogP contribution in [-0.4, -0.2) is 37.9 Å². The van der Waals surface area contributed by atoms with Gasteiger partial charge in [-0.15, -0.1) is 0 Å². The molecule has 2 aromatic heterocycles. The van der Waals surface area contributed by atoms with Crippen LogP contribution in [0, 0.1) is 0 Å². The third kappa shape index (κ3) is 3.30. The first-order valence-corrected chi connectivity index (χ1v) is 7.22. The third-order valence-corrected chi connectivity index (χ3v) is 3.83. The molecule has 0 atom stereocenters. The van der Waals surface area contributed by atoms with Crippen molar-refractivity contribution in [1.82, 2.24) is 25.2 Å². The molecule has 1 fully saturated rings. The van der Waals surface area contributed by atoms with E-state index in [9.17, 15) is 9.90 Å². The van der Waals surface area contributed by atoms with Crippen LogP contribution in [0.1, 0.15) is 31.4 Å². The van der Waals surface area contributed by atoms with Gasteiger partial charge >= 0.3 is 6.03 Å². The first-order valence-electron chi connectivity index (χ1n) is 7.22. The molecule has 0 aliphatic heterocycles. The van der Waals surface area contributed by atoms with Gasteiger partial charge in [0, 0.05) is 18.3 Å². The second kappa shape index (κ2) is 6.09. The van der Waals surface area contributed by atoms with Crippen molar-refractivity contribution in [1.29, 1.82) is 0 Å². The zero-order valence-corrected chi connectivity index (χ0v) is 11.7. The predicted molar refractivity (Wildman–Crippen MR) is 76.6 cm³/mol. The van der Waals surface area contributed by atoms with Gasteiger partial charge in [-0.2, -0.15) is 5.10 Å². The van der Waals surface area contributed by atoms with Crippen molar-refractivity contribution in [2.24, 2.45) is 0 Å². The van der Waals surface area contributed by atoms with Crippen LogP contribution >= 0.6 is 0 Å². The number of fused-ring (bicyclic) bond motifs is 1. The smallest absolute Gasteiger partial charge is 0.315 e. The second-order valence-electron chi connectivity index (χ2n) is 5.37. The molecule has 2 heterocycles. The molecule has 1 aliphatic rings. The van der Waals surface area contributed by atoms with Gasteiger partial charge in [-0.05, 0) is 31.7 Å². The van der Waals surface area contributed by atoms with Crippen LogP contribution in [0.4, 0.5) is 4.79 Å². The van der Waals surface area contributed by atoms with Crippen LogP contribution < -0.4 is 10.6 Å². The zero-order chi connectivity index (χ0) is 14.7. The van der Waals surface area contributed by atoms with E-state index in [4.69, 9.17) is 0 Å². The molecule has 112 valence electrons. The first kappa shape index (κ1) is 13.8. The van der Waals surface area contributed by atoms with E-state index in [1.807, 2.05) is 12.1 Å². The number of urea groups is 1. The number of amides is 2. The maximum absolute atomic E-state index is 11.9. The largest absolute Gasteiger partial charge is 0.393 e. The van der Waals surface area contributed by atoms with Crippen LogP contribution in [0.5, 0.6) is 0 Å². The van der Waals surface area contributed by atoms with E-state index in [1.165, 1.54) is 0 Å². The van der Waals surface area contributed by atoms with Gasteiger partial charge in [0.25, 0.3) is 0 Å². The minimum Gasteiger partial charge on any atom is -0.393 e. The van der Waals surface area contributed by atoms with Gasteiger partial charge in [0.2, 0.25) is 0 Å². The minimum atomic E-state index is -0.212. The van der Waals surface area contributed by atoms with Crippen LogP contribution in [0.25, 0.3) is 5.65 Å². The molecule has 0 saturated heterocycles. The van der Waals surface area contributed by atoms with Gasteiger partial charge in [0.15, 0.2) is 5.65 Å². The Kier molecular flexibility index (Phi) is 4.01.